The van der Waals surface area contributed by atoms with E-state index in [4.69, 9.17) is 0 Å². The smallest absolute Gasteiger partial charge is 0.0443 e. The largest absolute Gasteiger partial charge is 0.326 e. The molecule has 1 nitrogen and oxygen atoms in total. The second kappa shape index (κ2) is 5.70. The molecule has 98 valence electrons. The molecule has 1 fully saturated rings. The van der Waals surface area contributed by atoms with Gasteiger partial charge in [0, 0.05) is 10.6 Å². The Balaban J connectivity index is 1.58. The zero-order valence-electron chi connectivity index (χ0n) is 11.2. The Kier molecular flexibility index (Phi) is 3.79. The van der Waals surface area contributed by atoms with Crippen LogP contribution in [0.5, 0.6) is 0 Å². The summed E-state index contributed by atoms with van der Waals surface area (Å²) < 4.78 is 3.39. The third kappa shape index (κ3) is 3.13. The van der Waals surface area contributed by atoms with Crippen LogP contribution in [0.4, 0.5) is 5.69 Å². The summed E-state index contributed by atoms with van der Waals surface area (Å²) in [5, 5.41) is 0. The summed E-state index contributed by atoms with van der Waals surface area (Å²) in [5.41, 5.74) is 2.67. The Morgan fingerprint density at radius 3 is 2.42 bits per heavy atom. The number of benzene rings is 2. The highest BCUT2D eigenvalue weighted by atomic mass is 32.2. The zero-order chi connectivity index (χ0) is 13.1. The quantitative estimate of drug-likeness (QED) is 0.737. The molecule has 2 unspecified atom stereocenters. The van der Waals surface area contributed by atoms with Gasteiger partial charge in [0.15, 0.2) is 0 Å². The minimum Gasteiger partial charge on any atom is -0.326 e. The Labute approximate surface area is 119 Å². The van der Waals surface area contributed by atoms with Gasteiger partial charge in [-0.15, -0.1) is 0 Å². The van der Waals surface area contributed by atoms with Crippen molar-refractivity contribution in [1.29, 1.82) is 0 Å². The maximum atomic E-state index is 3.39. The number of rotatable bonds is 5. The van der Waals surface area contributed by atoms with Crippen molar-refractivity contribution >= 4 is 17.6 Å². The molecule has 1 N–H and O–H groups in total. The summed E-state index contributed by atoms with van der Waals surface area (Å²) in [6, 6.07) is 19.3. The third-order valence-corrected chi connectivity index (χ3v) is 4.66. The molecule has 2 aromatic rings. The summed E-state index contributed by atoms with van der Waals surface area (Å²) in [7, 11) is 0. The predicted molar refractivity (Wildman–Crippen MR) is 83.5 cm³/mol. The predicted octanol–water partition coefficient (Wildman–Crippen LogP) is 5.32. The monoisotopic (exact) mass is 269 g/mol. The molecule has 0 aliphatic heterocycles. The van der Waals surface area contributed by atoms with Crippen molar-refractivity contribution in [2.24, 2.45) is 5.92 Å². The van der Waals surface area contributed by atoms with Crippen LogP contribution in [0.3, 0.4) is 0 Å². The number of hydrogen-bond donors (Lipinski definition) is 1. The van der Waals surface area contributed by atoms with Gasteiger partial charge in [0.1, 0.15) is 0 Å². The van der Waals surface area contributed by atoms with Crippen molar-refractivity contribution in [3.05, 3.63) is 60.2 Å². The van der Waals surface area contributed by atoms with E-state index in [1.807, 2.05) is 6.07 Å². The van der Waals surface area contributed by atoms with Crippen molar-refractivity contribution in [3.8, 4) is 0 Å². The molecule has 3 rings (SSSR count). The fraction of sp³-hybridized carbons (Fsp3) is 0.294. The zero-order valence-corrected chi connectivity index (χ0v) is 12.0. The van der Waals surface area contributed by atoms with Crippen LogP contribution < -0.4 is 4.72 Å². The van der Waals surface area contributed by atoms with E-state index in [2.05, 4.69) is 60.2 Å². The topological polar surface area (TPSA) is 12.0 Å². The Morgan fingerprint density at radius 2 is 1.79 bits per heavy atom. The van der Waals surface area contributed by atoms with Crippen LogP contribution in [0.1, 0.15) is 31.2 Å². The van der Waals surface area contributed by atoms with Gasteiger partial charge < -0.3 is 4.72 Å². The molecule has 2 heteroatoms. The first-order chi connectivity index (χ1) is 9.36. The minimum absolute atomic E-state index is 0.820. The van der Waals surface area contributed by atoms with Gasteiger partial charge in [-0.1, -0.05) is 43.7 Å². The Morgan fingerprint density at radius 1 is 1.05 bits per heavy atom. The van der Waals surface area contributed by atoms with E-state index < -0.39 is 0 Å². The molecule has 0 saturated heterocycles. The molecular formula is C17H19NS. The molecule has 2 aromatic carbocycles. The number of anilines is 1. The first-order valence-electron chi connectivity index (χ1n) is 6.94. The number of hydrogen-bond acceptors (Lipinski definition) is 2. The normalized spacial score (nSPS) is 21.1. The molecular weight excluding hydrogens is 250 g/mol. The molecule has 1 aliphatic rings. The van der Waals surface area contributed by atoms with E-state index in [9.17, 15) is 0 Å². The van der Waals surface area contributed by atoms with Crippen molar-refractivity contribution in [3.63, 3.8) is 0 Å². The van der Waals surface area contributed by atoms with E-state index in [1.165, 1.54) is 29.0 Å². The molecule has 0 bridgehead atoms. The maximum Gasteiger partial charge on any atom is 0.0443 e. The van der Waals surface area contributed by atoms with Crippen LogP contribution in [0, 0.1) is 5.92 Å². The summed E-state index contributed by atoms with van der Waals surface area (Å²) in [6.07, 6.45) is 2.69. The molecule has 0 spiro atoms. The number of nitrogens with one attached hydrogen (secondary N) is 1. The Bertz CT molecular complexity index is 521. The van der Waals surface area contributed by atoms with Crippen LogP contribution >= 0.6 is 11.9 Å². The summed E-state index contributed by atoms with van der Waals surface area (Å²) in [4.78, 5) is 1.24. The minimum atomic E-state index is 0.820. The van der Waals surface area contributed by atoms with Crippen molar-refractivity contribution in [1.82, 2.24) is 0 Å². The highest BCUT2D eigenvalue weighted by Gasteiger charge is 2.36. The van der Waals surface area contributed by atoms with Crippen molar-refractivity contribution in [2.45, 2.75) is 30.6 Å². The van der Waals surface area contributed by atoms with E-state index in [0.29, 0.717) is 0 Å². The highest BCUT2D eigenvalue weighted by molar-refractivity contribution is 8.00. The van der Waals surface area contributed by atoms with Crippen LogP contribution in [0.2, 0.25) is 0 Å². The van der Waals surface area contributed by atoms with E-state index in [1.54, 1.807) is 11.9 Å². The summed E-state index contributed by atoms with van der Waals surface area (Å²) >= 11 is 1.66. The van der Waals surface area contributed by atoms with Gasteiger partial charge in [-0.3, -0.25) is 0 Å². The molecule has 0 heterocycles. The van der Waals surface area contributed by atoms with Crippen LogP contribution in [-0.4, -0.2) is 0 Å². The highest BCUT2D eigenvalue weighted by Crippen LogP contribution is 2.49. The molecule has 1 saturated carbocycles. The van der Waals surface area contributed by atoms with Crippen LogP contribution in [-0.2, 0) is 0 Å². The van der Waals surface area contributed by atoms with Gasteiger partial charge in [-0.05, 0) is 60.0 Å². The Hall–Kier alpha value is -1.41. The van der Waals surface area contributed by atoms with Crippen molar-refractivity contribution < 1.29 is 0 Å². The third-order valence-electron chi connectivity index (χ3n) is 3.82. The van der Waals surface area contributed by atoms with E-state index >= 15 is 0 Å². The van der Waals surface area contributed by atoms with Crippen LogP contribution in [0.25, 0.3) is 0 Å². The molecule has 0 amide bonds. The SMILES string of the molecule is CCC1CC1c1ccc(NSc2ccccc2)cc1. The fourth-order valence-corrected chi connectivity index (χ4v) is 3.18. The lowest BCUT2D eigenvalue weighted by atomic mass is 10.1. The van der Waals surface area contributed by atoms with Gasteiger partial charge in [0.05, 0.1) is 0 Å². The van der Waals surface area contributed by atoms with E-state index in [0.717, 1.165) is 11.8 Å². The second-order valence-electron chi connectivity index (χ2n) is 5.15. The van der Waals surface area contributed by atoms with Crippen molar-refractivity contribution in [2.75, 3.05) is 4.72 Å². The second-order valence-corrected chi connectivity index (χ2v) is 6.03. The standard InChI is InChI=1S/C17H19NS/c1-2-13-12-17(13)14-8-10-15(11-9-14)18-19-16-6-4-3-5-7-16/h3-11,13,17-18H,2,12H2,1H3. The molecule has 0 radical (unpaired) electrons. The lowest BCUT2D eigenvalue weighted by Crippen LogP contribution is -1.88. The molecule has 2 atom stereocenters. The van der Waals surface area contributed by atoms with Gasteiger partial charge in [0.25, 0.3) is 0 Å². The lowest BCUT2D eigenvalue weighted by molar-refractivity contribution is 0.766. The fourth-order valence-electron chi connectivity index (χ4n) is 2.51. The van der Waals surface area contributed by atoms with Gasteiger partial charge in [0.2, 0.25) is 0 Å². The van der Waals surface area contributed by atoms with Crippen LogP contribution in [0.15, 0.2) is 59.5 Å². The average molecular weight is 269 g/mol. The first kappa shape index (κ1) is 12.6. The molecule has 1 aliphatic carbocycles. The maximum absolute atomic E-state index is 3.39. The summed E-state index contributed by atoms with van der Waals surface area (Å²) in [5.74, 6) is 1.75. The molecule has 19 heavy (non-hydrogen) atoms. The molecule has 0 aromatic heterocycles. The average Bonchev–Trinajstić information content (AvgIpc) is 3.26. The van der Waals surface area contributed by atoms with Gasteiger partial charge in [-0.25, -0.2) is 0 Å². The van der Waals surface area contributed by atoms with Gasteiger partial charge in [-0.2, -0.15) is 0 Å². The lowest BCUT2D eigenvalue weighted by Gasteiger charge is -2.06. The first-order valence-corrected chi connectivity index (χ1v) is 7.76. The van der Waals surface area contributed by atoms with Gasteiger partial charge >= 0.3 is 0 Å². The van der Waals surface area contributed by atoms with E-state index in [-0.39, 0.29) is 0 Å². The summed E-state index contributed by atoms with van der Waals surface area (Å²) in [6.45, 7) is 2.29.